The molecule has 0 amide bonds. The highest BCUT2D eigenvalue weighted by atomic mass is 19.1. The van der Waals surface area contributed by atoms with Crippen molar-refractivity contribution in [2.24, 2.45) is 0 Å². The van der Waals surface area contributed by atoms with Crippen molar-refractivity contribution in [3.05, 3.63) is 35.3 Å². The summed E-state index contributed by atoms with van der Waals surface area (Å²) in [6, 6.07) is 4.08. The average Bonchev–Trinajstić information content (AvgIpc) is 2.70. The van der Waals surface area contributed by atoms with Gasteiger partial charge in [0.2, 0.25) is 0 Å². The van der Waals surface area contributed by atoms with Gasteiger partial charge in [-0.2, -0.15) is 0 Å². The van der Waals surface area contributed by atoms with Gasteiger partial charge < -0.3 is 14.4 Å². The Labute approximate surface area is 102 Å². The van der Waals surface area contributed by atoms with E-state index in [4.69, 9.17) is 14.4 Å². The third-order valence-corrected chi connectivity index (χ3v) is 2.51. The Morgan fingerprint density at radius 3 is 2.78 bits per heavy atom. The van der Waals surface area contributed by atoms with Gasteiger partial charge in [0.1, 0.15) is 28.6 Å². The Bertz CT molecular complexity index is 606. The predicted molar refractivity (Wildman–Crippen MR) is 60.1 cm³/mol. The highest BCUT2D eigenvalue weighted by Crippen LogP contribution is 2.29. The Morgan fingerprint density at radius 2 is 2.22 bits per heavy atom. The SMILES string of the molecule is COc1ccc(-c2noc(C)c2C(=O)O)c(F)c1. The number of rotatable bonds is 3. The number of aryl methyl sites for hydroxylation is 1. The lowest BCUT2D eigenvalue weighted by atomic mass is 10.1. The minimum atomic E-state index is -1.21. The summed E-state index contributed by atoms with van der Waals surface area (Å²) >= 11 is 0. The van der Waals surface area contributed by atoms with E-state index >= 15 is 0 Å². The minimum Gasteiger partial charge on any atom is -0.497 e. The maximum Gasteiger partial charge on any atom is 0.341 e. The summed E-state index contributed by atoms with van der Waals surface area (Å²) in [6.07, 6.45) is 0. The predicted octanol–water partition coefficient (Wildman–Crippen LogP) is 2.50. The van der Waals surface area contributed by atoms with E-state index in [2.05, 4.69) is 5.16 Å². The maximum absolute atomic E-state index is 13.8. The van der Waals surface area contributed by atoms with E-state index in [-0.39, 0.29) is 22.6 Å². The van der Waals surface area contributed by atoms with Crippen molar-refractivity contribution in [2.45, 2.75) is 6.92 Å². The van der Waals surface area contributed by atoms with Crippen molar-refractivity contribution in [3.63, 3.8) is 0 Å². The van der Waals surface area contributed by atoms with Crippen molar-refractivity contribution in [3.8, 4) is 17.0 Å². The molecule has 0 aliphatic rings. The molecule has 5 nitrogen and oxygen atoms in total. The monoisotopic (exact) mass is 251 g/mol. The summed E-state index contributed by atoms with van der Waals surface area (Å²) in [7, 11) is 1.41. The van der Waals surface area contributed by atoms with Crippen LogP contribution in [-0.2, 0) is 0 Å². The number of hydrogen-bond donors (Lipinski definition) is 1. The Hall–Kier alpha value is -2.37. The zero-order valence-corrected chi connectivity index (χ0v) is 9.73. The summed E-state index contributed by atoms with van der Waals surface area (Å²) in [5, 5.41) is 12.6. The third-order valence-electron chi connectivity index (χ3n) is 2.51. The van der Waals surface area contributed by atoms with Crippen LogP contribution in [0.2, 0.25) is 0 Å². The zero-order chi connectivity index (χ0) is 13.3. The number of carbonyl (C=O) groups is 1. The number of ether oxygens (including phenoxy) is 1. The van der Waals surface area contributed by atoms with E-state index in [0.29, 0.717) is 5.75 Å². The molecule has 1 aromatic heterocycles. The first-order valence-electron chi connectivity index (χ1n) is 5.08. The van der Waals surface area contributed by atoms with Gasteiger partial charge in [-0.3, -0.25) is 0 Å². The van der Waals surface area contributed by atoms with Gasteiger partial charge in [0.05, 0.1) is 7.11 Å². The van der Waals surface area contributed by atoms with Crippen molar-refractivity contribution in [2.75, 3.05) is 7.11 Å². The van der Waals surface area contributed by atoms with Crippen molar-refractivity contribution in [1.29, 1.82) is 0 Å². The van der Waals surface area contributed by atoms with Crippen LogP contribution in [0.5, 0.6) is 5.75 Å². The average molecular weight is 251 g/mol. The van der Waals surface area contributed by atoms with Crippen LogP contribution >= 0.6 is 0 Å². The summed E-state index contributed by atoms with van der Waals surface area (Å²) < 4.78 is 23.5. The molecular weight excluding hydrogens is 241 g/mol. The van der Waals surface area contributed by atoms with E-state index in [0.717, 1.165) is 6.07 Å². The topological polar surface area (TPSA) is 72.6 Å². The number of carboxylic acids is 1. The Balaban J connectivity index is 2.59. The van der Waals surface area contributed by atoms with E-state index < -0.39 is 11.8 Å². The molecule has 0 radical (unpaired) electrons. The highest BCUT2D eigenvalue weighted by Gasteiger charge is 2.23. The first kappa shape index (κ1) is 12.1. The number of benzene rings is 1. The van der Waals surface area contributed by atoms with Crippen LogP contribution in [0.4, 0.5) is 4.39 Å². The minimum absolute atomic E-state index is 0.0276. The zero-order valence-electron chi connectivity index (χ0n) is 9.73. The second-order valence-electron chi connectivity index (χ2n) is 3.61. The van der Waals surface area contributed by atoms with Crippen LogP contribution in [0.3, 0.4) is 0 Å². The van der Waals surface area contributed by atoms with Crippen LogP contribution in [0, 0.1) is 12.7 Å². The second kappa shape index (κ2) is 4.48. The second-order valence-corrected chi connectivity index (χ2v) is 3.61. The largest absolute Gasteiger partial charge is 0.497 e. The van der Waals surface area contributed by atoms with Crippen molar-refractivity contribution < 1.29 is 23.6 Å². The molecule has 2 rings (SSSR count). The van der Waals surface area contributed by atoms with Crippen LogP contribution < -0.4 is 4.74 Å². The fourth-order valence-electron chi connectivity index (χ4n) is 1.62. The van der Waals surface area contributed by atoms with Gasteiger partial charge in [0.25, 0.3) is 0 Å². The quantitative estimate of drug-likeness (QED) is 0.907. The number of hydrogen-bond acceptors (Lipinski definition) is 4. The summed E-state index contributed by atoms with van der Waals surface area (Å²) in [4.78, 5) is 11.1. The van der Waals surface area contributed by atoms with Gasteiger partial charge in [0.15, 0.2) is 0 Å². The van der Waals surface area contributed by atoms with Gasteiger partial charge in [-0.1, -0.05) is 5.16 Å². The molecule has 0 aliphatic carbocycles. The van der Waals surface area contributed by atoms with Gasteiger partial charge in [-0.25, -0.2) is 9.18 Å². The lowest BCUT2D eigenvalue weighted by Gasteiger charge is -2.03. The summed E-state index contributed by atoms with van der Waals surface area (Å²) in [5.41, 5.74) is -0.107. The molecule has 6 heteroatoms. The van der Waals surface area contributed by atoms with Crippen LogP contribution in [0.25, 0.3) is 11.3 Å². The summed E-state index contributed by atoms with van der Waals surface area (Å²) in [5.74, 6) is -1.36. The van der Waals surface area contributed by atoms with Crippen LogP contribution in [-0.4, -0.2) is 23.3 Å². The standard InChI is InChI=1S/C12H10FNO4/c1-6-10(12(15)16)11(14-18-6)8-4-3-7(17-2)5-9(8)13/h3-5H,1-2H3,(H,15,16). The van der Waals surface area contributed by atoms with E-state index in [1.54, 1.807) is 0 Å². The normalized spacial score (nSPS) is 10.4. The van der Waals surface area contributed by atoms with Crippen LogP contribution in [0.1, 0.15) is 16.1 Å². The number of aromatic nitrogens is 1. The van der Waals surface area contributed by atoms with Gasteiger partial charge in [-0.05, 0) is 19.1 Å². The lowest BCUT2D eigenvalue weighted by molar-refractivity contribution is 0.0696. The number of carboxylic acid groups (broad SMARTS) is 1. The van der Waals surface area contributed by atoms with Crippen molar-refractivity contribution >= 4 is 5.97 Å². The number of nitrogens with zero attached hydrogens (tertiary/aromatic N) is 1. The van der Waals surface area contributed by atoms with Gasteiger partial charge in [0, 0.05) is 11.6 Å². The molecule has 0 aliphatic heterocycles. The maximum atomic E-state index is 13.8. The molecule has 1 heterocycles. The van der Waals surface area contributed by atoms with Gasteiger partial charge in [-0.15, -0.1) is 0 Å². The molecule has 1 N–H and O–H groups in total. The molecule has 0 saturated heterocycles. The molecule has 0 atom stereocenters. The van der Waals surface area contributed by atoms with E-state index in [9.17, 15) is 9.18 Å². The number of halogens is 1. The summed E-state index contributed by atoms with van der Waals surface area (Å²) in [6.45, 7) is 1.46. The molecule has 1 aromatic carbocycles. The van der Waals surface area contributed by atoms with E-state index in [1.165, 1.54) is 26.2 Å². The fraction of sp³-hybridized carbons (Fsp3) is 0.167. The fourth-order valence-corrected chi connectivity index (χ4v) is 1.62. The smallest absolute Gasteiger partial charge is 0.341 e. The molecule has 0 fully saturated rings. The first-order chi connectivity index (χ1) is 8.54. The van der Waals surface area contributed by atoms with Crippen LogP contribution in [0.15, 0.2) is 22.7 Å². The third kappa shape index (κ3) is 1.92. The van der Waals surface area contributed by atoms with Gasteiger partial charge >= 0.3 is 5.97 Å². The number of methoxy groups -OCH3 is 1. The Kier molecular flexibility index (Phi) is 3.01. The Morgan fingerprint density at radius 1 is 1.50 bits per heavy atom. The lowest BCUT2D eigenvalue weighted by Crippen LogP contribution is -2.00. The van der Waals surface area contributed by atoms with E-state index in [1.807, 2.05) is 0 Å². The molecule has 2 aromatic rings. The molecule has 94 valence electrons. The molecule has 18 heavy (non-hydrogen) atoms. The molecule has 0 saturated carbocycles. The molecular formula is C12H10FNO4. The highest BCUT2D eigenvalue weighted by molar-refractivity contribution is 5.95. The molecule has 0 unspecified atom stereocenters. The number of aromatic carboxylic acids is 1. The van der Waals surface area contributed by atoms with Crippen molar-refractivity contribution in [1.82, 2.24) is 5.16 Å². The molecule has 0 spiro atoms. The first-order valence-corrected chi connectivity index (χ1v) is 5.08. The molecule has 0 bridgehead atoms.